The van der Waals surface area contributed by atoms with Crippen molar-refractivity contribution in [3.63, 3.8) is 0 Å². The molecule has 0 saturated carbocycles. The van der Waals surface area contributed by atoms with Gasteiger partial charge in [0.05, 0.1) is 0 Å². The third-order valence-corrected chi connectivity index (χ3v) is 3.84. The Hall–Kier alpha value is -0.530. The van der Waals surface area contributed by atoms with Crippen molar-refractivity contribution in [1.82, 2.24) is 5.32 Å². The van der Waals surface area contributed by atoms with E-state index < -0.39 is 0 Å². The first-order chi connectivity index (χ1) is 7.43. The first-order valence-electron chi connectivity index (χ1n) is 5.89. The van der Waals surface area contributed by atoms with Crippen molar-refractivity contribution in [1.29, 1.82) is 0 Å². The predicted octanol–water partition coefficient (Wildman–Crippen LogP) is 3.62. The molecule has 0 aliphatic carbocycles. The first kappa shape index (κ1) is 11.9. The fourth-order valence-electron chi connectivity index (χ4n) is 3.00. The summed E-state index contributed by atoms with van der Waals surface area (Å²) in [4.78, 5) is 0. The van der Waals surface area contributed by atoms with Gasteiger partial charge in [0.15, 0.2) is 0 Å². The molecule has 1 aliphatic rings. The van der Waals surface area contributed by atoms with E-state index in [4.69, 9.17) is 11.6 Å². The number of halogens is 1. The third-order valence-electron chi connectivity index (χ3n) is 3.51. The summed E-state index contributed by atoms with van der Waals surface area (Å²) in [6, 6.07) is 8.22. The van der Waals surface area contributed by atoms with Gasteiger partial charge in [0.2, 0.25) is 0 Å². The standard InChI is InChI=1S/C14H20ClN/c1-13(2)8-14(3,10-16-9-13)11-6-4-5-7-12(11)15/h4-7,16H,8-10H2,1-3H3. The minimum atomic E-state index is 0.153. The molecule has 2 heteroatoms. The monoisotopic (exact) mass is 237 g/mol. The van der Waals surface area contributed by atoms with Gasteiger partial charge in [-0.1, -0.05) is 50.6 Å². The predicted molar refractivity (Wildman–Crippen MR) is 70.1 cm³/mol. The zero-order valence-electron chi connectivity index (χ0n) is 10.3. The molecule has 1 aliphatic heterocycles. The summed E-state index contributed by atoms with van der Waals surface area (Å²) < 4.78 is 0. The Morgan fingerprint density at radius 1 is 1.12 bits per heavy atom. The molecule has 1 fully saturated rings. The van der Waals surface area contributed by atoms with E-state index in [1.54, 1.807) is 0 Å². The molecule has 1 N–H and O–H groups in total. The van der Waals surface area contributed by atoms with Gasteiger partial charge in [0, 0.05) is 23.5 Å². The highest BCUT2D eigenvalue weighted by molar-refractivity contribution is 6.31. The lowest BCUT2D eigenvalue weighted by Crippen LogP contribution is -2.49. The molecule has 1 nitrogen and oxygen atoms in total. The molecule has 1 aromatic carbocycles. The van der Waals surface area contributed by atoms with E-state index in [9.17, 15) is 0 Å². The van der Waals surface area contributed by atoms with Crippen molar-refractivity contribution < 1.29 is 0 Å². The maximum Gasteiger partial charge on any atom is 0.0444 e. The van der Waals surface area contributed by atoms with Crippen LogP contribution in [0.2, 0.25) is 5.02 Å². The van der Waals surface area contributed by atoms with E-state index in [-0.39, 0.29) is 5.41 Å². The molecular formula is C14H20ClN. The highest BCUT2D eigenvalue weighted by Gasteiger charge is 2.38. The summed E-state index contributed by atoms with van der Waals surface area (Å²) >= 11 is 6.31. The summed E-state index contributed by atoms with van der Waals surface area (Å²) in [5.41, 5.74) is 1.77. The zero-order valence-corrected chi connectivity index (χ0v) is 11.1. The average molecular weight is 238 g/mol. The average Bonchev–Trinajstić information content (AvgIpc) is 2.16. The van der Waals surface area contributed by atoms with E-state index in [1.165, 1.54) is 12.0 Å². The largest absolute Gasteiger partial charge is 0.315 e. The summed E-state index contributed by atoms with van der Waals surface area (Å²) in [6.07, 6.45) is 1.18. The maximum absolute atomic E-state index is 6.31. The second kappa shape index (κ2) is 4.05. The van der Waals surface area contributed by atoms with E-state index in [0.717, 1.165) is 18.1 Å². The molecule has 2 rings (SSSR count). The lowest BCUT2D eigenvalue weighted by molar-refractivity contribution is 0.180. The number of benzene rings is 1. The lowest BCUT2D eigenvalue weighted by Gasteiger charge is -2.44. The van der Waals surface area contributed by atoms with E-state index in [0.29, 0.717) is 5.41 Å². The molecule has 0 amide bonds. The van der Waals surface area contributed by atoms with Crippen LogP contribution >= 0.6 is 11.6 Å². The quantitative estimate of drug-likeness (QED) is 0.787. The number of hydrogen-bond acceptors (Lipinski definition) is 1. The lowest BCUT2D eigenvalue weighted by atomic mass is 9.67. The van der Waals surface area contributed by atoms with Crippen LogP contribution in [0, 0.1) is 5.41 Å². The second-order valence-electron chi connectivity index (χ2n) is 5.99. The molecule has 0 bridgehead atoms. The smallest absolute Gasteiger partial charge is 0.0444 e. The Morgan fingerprint density at radius 2 is 1.81 bits per heavy atom. The van der Waals surface area contributed by atoms with Gasteiger partial charge in [-0.2, -0.15) is 0 Å². The Bertz CT molecular complexity index is 386. The Morgan fingerprint density at radius 3 is 2.44 bits per heavy atom. The molecular weight excluding hydrogens is 218 g/mol. The van der Waals surface area contributed by atoms with Crippen LogP contribution in [0.3, 0.4) is 0 Å². The molecule has 1 heterocycles. The summed E-state index contributed by atoms with van der Waals surface area (Å²) in [5.74, 6) is 0. The molecule has 16 heavy (non-hydrogen) atoms. The van der Waals surface area contributed by atoms with E-state index in [2.05, 4.69) is 38.2 Å². The maximum atomic E-state index is 6.31. The molecule has 0 spiro atoms. The topological polar surface area (TPSA) is 12.0 Å². The van der Waals surface area contributed by atoms with Crippen molar-refractivity contribution in [3.05, 3.63) is 34.9 Å². The van der Waals surface area contributed by atoms with Gasteiger partial charge >= 0.3 is 0 Å². The third kappa shape index (κ3) is 2.26. The van der Waals surface area contributed by atoms with Crippen LogP contribution in [-0.4, -0.2) is 13.1 Å². The molecule has 0 radical (unpaired) electrons. The summed E-state index contributed by atoms with van der Waals surface area (Å²) in [7, 11) is 0. The van der Waals surface area contributed by atoms with Gasteiger partial charge in [-0.05, 0) is 23.5 Å². The summed E-state index contributed by atoms with van der Waals surface area (Å²) in [6.45, 7) is 9.04. The van der Waals surface area contributed by atoms with Crippen LogP contribution in [0.5, 0.6) is 0 Å². The van der Waals surface area contributed by atoms with Crippen LogP contribution < -0.4 is 5.32 Å². The molecule has 1 aromatic rings. The molecule has 1 unspecified atom stereocenters. The normalized spacial score (nSPS) is 29.0. The minimum Gasteiger partial charge on any atom is -0.315 e. The van der Waals surface area contributed by atoms with Crippen LogP contribution in [-0.2, 0) is 5.41 Å². The number of piperidine rings is 1. The van der Waals surface area contributed by atoms with E-state index >= 15 is 0 Å². The fourth-order valence-corrected chi connectivity index (χ4v) is 3.36. The highest BCUT2D eigenvalue weighted by Crippen LogP contribution is 2.41. The zero-order chi connectivity index (χ0) is 11.8. The highest BCUT2D eigenvalue weighted by atomic mass is 35.5. The van der Waals surface area contributed by atoms with Crippen molar-refractivity contribution in [2.24, 2.45) is 5.41 Å². The first-order valence-corrected chi connectivity index (χ1v) is 6.27. The second-order valence-corrected chi connectivity index (χ2v) is 6.39. The van der Waals surface area contributed by atoms with Gasteiger partial charge < -0.3 is 5.32 Å². The summed E-state index contributed by atoms with van der Waals surface area (Å²) in [5, 5.41) is 4.43. The Labute approximate surface area is 103 Å². The van der Waals surface area contributed by atoms with Gasteiger partial charge in [0.25, 0.3) is 0 Å². The number of rotatable bonds is 1. The minimum absolute atomic E-state index is 0.153. The van der Waals surface area contributed by atoms with Gasteiger partial charge in [0.1, 0.15) is 0 Å². The van der Waals surface area contributed by atoms with Crippen molar-refractivity contribution in [3.8, 4) is 0 Å². The SMILES string of the molecule is CC1(C)CNCC(C)(c2ccccc2Cl)C1. The van der Waals surface area contributed by atoms with Crippen LogP contribution in [0.4, 0.5) is 0 Å². The molecule has 88 valence electrons. The Balaban J connectivity index is 2.35. The van der Waals surface area contributed by atoms with E-state index in [1.807, 2.05) is 12.1 Å². The molecule has 0 aromatic heterocycles. The number of hydrogen-bond donors (Lipinski definition) is 1. The fraction of sp³-hybridized carbons (Fsp3) is 0.571. The van der Waals surface area contributed by atoms with Crippen molar-refractivity contribution in [2.45, 2.75) is 32.6 Å². The van der Waals surface area contributed by atoms with Crippen LogP contribution in [0.25, 0.3) is 0 Å². The van der Waals surface area contributed by atoms with Gasteiger partial charge in [-0.15, -0.1) is 0 Å². The van der Waals surface area contributed by atoms with Crippen molar-refractivity contribution in [2.75, 3.05) is 13.1 Å². The Kier molecular flexibility index (Phi) is 3.02. The van der Waals surface area contributed by atoms with Crippen LogP contribution in [0.15, 0.2) is 24.3 Å². The number of nitrogens with one attached hydrogen (secondary N) is 1. The van der Waals surface area contributed by atoms with Crippen LogP contribution in [0.1, 0.15) is 32.8 Å². The van der Waals surface area contributed by atoms with Gasteiger partial charge in [-0.25, -0.2) is 0 Å². The molecule has 1 saturated heterocycles. The van der Waals surface area contributed by atoms with Gasteiger partial charge in [-0.3, -0.25) is 0 Å². The molecule has 1 atom stereocenters. The van der Waals surface area contributed by atoms with Crippen molar-refractivity contribution >= 4 is 11.6 Å².